The highest BCUT2D eigenvalue weighted by molar-refractivity contribution is 5.30. The van der Waals surface area contributed by atoms with Crippen molar-refractivity contribution in [1.29, 1.82) is 0 Å². The van der Waals surface area contributed by atoms with Crippen molar-refractivity contribution in [2.45, 2.75) is 91.3 Å². The van der Waals surface area contributed by atoms with E-state index in [2.05, 4.69) is 95.3 Å². The van der Waals surface area contributed by atoms with Crippen molar-refractivity contribution in [3.63, 3.8) is 0 Å². The summed E-state index contributed by atoms with van der Waals surface area (Å²) in [5, 5.41) is 0. The van der Waals surface area contributed by atoms with E-state index in [9.17, 15) is 0 Å². The Kier molecular flexibility index (Phi) is 12.1. The minimum Gasteiger partial charge on any atom is -0.345 e. The molecule has 0 aliphatic rings. The first kappa shape index (κ1) is 26.6. The summed E-state index contributed by atoms with van der Waals surface area (Å²) < 4.78 is 13.6. The van der Waals surface area contributed by atoms with Gasteiger partial charge in [-0.2, -0.15) is 0 Å². The van der Waals surface area contributed by atoms with E-state index in [1.54, 1.807) is 0 Å². The first-order valence-corrected chi connectivity index (χ1v) is 12.9. The van der Waals surface area contributed by atoms with E-state index in [1.807, 2.05) is 0 Å². The third-order valence-corrected chi connectivity index (χ3v) is 5.95. The topological polar surface area (TPSA) is 18.5 Å². The van der Waals surface area contributed by atoms with Crippen LogP contribution in [0.2, 0.25) is 0 Å². The highest BCUT2D eigenvalue weighted by atomic mass is 16.7. The van der Waals surface area contributed by atoms with Crippen molar-refractivity contribution in [3.05, 3.63) is 71.8 Å². The first-order valence-electron chi connectivity index (χ1n) is 12.9. The molecule has 2 nitrogen and oxygen atoms in total. The summed E-state index contributed by atoms with van der Waals surface area (Å²) in [5.74, 6) is 0.243. The van der Waals surface area contributed by atoms with Crippen LogP contribution in [0.25, 0.3) is 0 Å². The molecule has 0 N–H and O–H groups in total. The smallest absolute Gasteiger partial charge is 0.201 e. The van der Waals surface area contributed by atoms with Gasteiger partial charge < -0.3 is 9.47 Å². The molecule has 32 heavy (non-hydrogen) atoms. The van der Waals surface area contributed by atoms with E-state index in [-0.39, 0.29) is 5.92 Å². The van der Waals surface area contributed by atoms with Gasteiger partial charge in [-0.25, -0.2) is 0 Å². The molecule has 0 fully saturated rings. The first-order chi connectivity index (χ1) is 15.5. The minimum absolute atomic E-state index is 0.148. The number of ether oxygens (including phenoxy) is 2. The second-order valence-corrected chi connectivity index (χ2v) is 9.96. The molecule has 178 valence electrons. The van der Waals surface area contributed by atoms with Crippen LogP contribution in [0.1, 0.15) is 96.6 Å². The van der Waals surface area contributed by atoms with Crippen LogP contribution < -0.4 is 0 Å². The minimum atomic E-state index is -0.777. The van der Waals surface area contributed by atoms with Gasteiger partial charge in [0.25, 0.3) is 0 Å². The van der Waals surface area contributed by atoms with Crippen LogP contribution >= 0.6 is 0 Å². The Hall–Kier alpha value is -1.64. The predicted octanol–water partition coefficient (Wildman–Crippen LogP) is 8.72. The van der Waals surface area contributed by atoms with Gasteiger partial charge in [-0.3, -0.25) is 0 Å². The molecular formula is C30H46O2. The van der Waals surface area contributed by atoms with Gasteiger partial charge >= 0.3 is 0 Å². The fourth-order valence-electron chi connectivity index (χ4n) is 4.25. The highest BCUT2D eigenvalue weighted by Gasteiger charge is 2.43. The molecule has 2 heteroatoms. The van der Waals surface area contributed by atoms with Crippen molar-refractivity contribution in [2.75, 3.05) is 13.2 Å². The summed E-state index contributed by atoms with van der Waals surface area (Å²) in [6.45, 7) is 12.5. The molecule has 0 aliphatic heterocycles. The molecule has 0 heterocycles. The summed E-state index contributed by atoms with van der Waals surface area (Å²) in [4.78, 5) is 0. The third-order valence-electron chi connectivity index (χ3n) is 5.95. The zero-order valence-electron chi connectivity index (χ0n) is 21.2. The van der Waals surface area contributed by atoms with E-state index in [0.29, 0.717) is 25.0 Å². The lowest BCUT2D eigenvalue weighted by atomic mass is 9.81. The largest absolute Gasteiger partial charge is 0.345 e. The van der Waals surface area contributed by atoms with Crippen LogP contribution in [0.4, 0.5) is 0 Å². The molecule has 0 bridgehead atoms. The summed E-state index contributed by atoms with van der Waals surface area (Å²) in [5.41, 5.74) is 2.43. The Bertz CT molecular complexity index is 696. The molecule has 0 spiro atoms. The number of hydrogen-bond donors (Lipinski definition) is 0. The monoisotopic (exact) mass is 438 g/mol. The molecule has 0 saturated heterocycles. The van der Waals surface area contributed by atoms with Crippen LogP contribution in [-0.4, -0.2) is 13.2 Å². The van der Waals surface area contributed by atoms with Gasteiger partial charge in [-0.05, 0) is 23.8 Å². The van der Waals surface area contributed by atoms with E-state index >= 15 is 0 Å². The molecule has 0 amide bonds. The fraction of sp³-hybridized carbons (Fsp3) is 0.600. The highest BCUT2D eigenvalue weighted by Crippen LogP contribution is 2.45. The normalized spacial score (nSPS) is 13.1. The fourth-order valence-corrected chi connectivity index (χ4v) is 4.25. The van der Waals surface area contributed by atoms with Crippen LogP contribution in [0.15, 0.2) is 60.7 Å². The van der Waals surface area contributed by atoms with E-state index in [0.717, 1.165) is 12.0 Å². The van der Waals surface area contributed by atoms with Crippen LogP contribution in [0.5, 0.6) is 0 Å². The molecule has 0 radical (unpaired) electrons. The number of hydrogen-bond acceptors (Lipinski definition) is 2. The number of benzene rings is 2. The van der Waals surface area contributed by atoms with Crippen molar-refractivity contribution in [1.82, 2.24) is 0 Å². The standard InChI is InChI=1S/C30H46O2/c1-6-7-8-9-10-17-22-29(27-18-13-11-14-19-27)30(31-23-25(2)3,32-24-26(4)5)28-20-15-12-16-21-28/h11-16,18-21,25-26,29H,6-10,17,22-24H2,1-5H3. The molecule has 2 aromatic rings. The molecule has 0 saturated carbocycles. The van der Waals surface area contributed by atoms with Gasteiger partial charge in [-0.1, -0.05) is 134 Å². The van der Waals surface area contributed by atoms with E-state index in [4.69, 9.17) is 9.47 Å². The average molecular weight is 439 g/mol. The van der Waals surface area contributed by atoms with Crippen LogP contribution in [0.3, 0.4) is 0 Å². The van der Waals surface area contributed by atoms with E-state index in [1.165, 1.54) is 44.1 Å². The average Bonchev–Trinajstić information content (AvgIpc) is 2.80. The van der Waals surface area contributed by atoms with Crippen molar-refractivity contribution < 1.29 is 9.47 Å². The van der Waals surface area contributed by atoms with Gasteiger partial charge in [0.1, 0.15) is 0 Å². The van der Waals surface area contributed by atoms with Gasteiger partial charge in [0.2, 0.25) is 5.79 Å². The zero-order chi connectivity index (χ0) is 23.2. The lowest BCUT2D eigenvalue weighted by Gasteiger charge is -2.42. The molecule has 0 aliphatic carbocycles. The van der Waals surface area contributed by atoms with Crippen molar-refractivity contribution >= 4 is 0 Å². The molecular weight excluding hydrogens is 392 g/mol. The SMILES string of the molecule is CCCCCCCCC(c1ccccc1)C(OCC(C)C)(OCC(C)C)c1ccccc1. The Morgan fingerprint density at radius 2 is 1.16 bits per heavy atom. The quantitative estimate of drug-likeness (QED) is 0.193. The maximum absolute atomic E-state index is 6.82. The number of unbranched alkanes of at least 4 members (excludes halogenated alkanes) is 5. The lowest BCUT2D eigenvalue weighted by molar-refractivity contribution is -0.270. The van der Waals surface area contributed by atoms with Gasteiger partial charge in [0, 0.05) is 11.5 Å². The maximum Gasteiger partial charge on any atom is 0.201 e. The Labute approximate surface area is 197 Å². The molecule has 0 aromatic heterocycles. The van der Waals surface area contributed by atoms with Crippen molar-refractivity contribution in [2.24, 2.45) is 11.8 Å². The number of rotatable bonds is 16. The zero-order valence-corrected chi connectivity index (χ0v) is 21.2. The molecule has 2 rings (SSSR count). The van der Waals surface area contributed by atoms with Crippen molar-refractivity contribution in [3.8, 4) is 0 Å². The summed E-state index contributed by atoms with van der Waals surface area (Å²) >= 11 is 0. The molecule has 1 unspecified atom stereocenters. The van der Waals surface area contributed by atoms with Gasteiger partial charge in [-0.15, -0.1) is 0 Å². The second kappa shape index (κ2) is 14.5. The Morgan fingerprint density at radius 1 is 0.656 bits per heavy atom. The lowest BCUT2D eigenvalue weighted by Crippen LogP contribution is -2.41. The van der Waals surface area contributed by atoms with Crippen LogP contribution in [0, 0.1) is 11.8 Å². The summed E-state index contributed by atoms with van der Waals surface area (Å²) in [6.07, 6.45) is 8.79. The molecule has 2 aromatic carbocycles. The predicted molar refractivity (Wildman–Crippen MR) is 137 cm³/mol. The van der Waals surface area contributed by atoms with E-state index < -0.39 is 5.79 Å². The Morgan fingerprint density at radius 3 is 1.69 bits per heavy atom. The van der Waals surface area contributed by atoms with Crippen LogP contribution in [-0.2, 0) is 15.3 Å². The summed E-state index contributed by atoms with van der Waals surface area (Å²) in [6, 6.07) is 21.5. The Balaban J connectivity index is 2.43. The summed E-state index contributed by atoms with van der Waals surface area (Å²) in [7, 11) is 0. The third kappa shape index (κ3) is 8.37. The van der Waals surface area contributed by atoms with Gasteiger partial charge in [0.05, 0.1) is 13.2 Å². The molecule has 1 atom stereocenters. The second-order valence-electron chi connectivity index (χ2n) is 9.96. The van der Waals surface area contributed by atoms with Gasteiger partial charge in [0.15, 0.2) is 0 Å². The maximum atomic E-state index is 6.82.